The number of benzene rings is 2. The minimum atomic E-state index is -0.350. The average Bonchev–Trinajstić information content (AvgIpc) is 3.48. The Morgan fingerprint density at radius 2 is 1.78 bits per heavy atom. The van der Waals surface area contributed by atoms with Crippen molar-refractivity contribution in [1.82, 2.24) is 5.32 Å². The Bertz CT molecular complexity index is 792. The Morgan fingerprint density at radius 3 is 2.41 bits per heavy atom. The van der Waals surface area contributed by atoms with Crippen LogP contribution in [0.4, 0.5) is 10.1 Å². The predicted octanol–water partition coefficient (Wildman–Crippen LogP) is 3.73. The van der Waals surface area contributed by atoms with Gasteiger partial charge in [0, 0.05) is 17.6 Å². The second kappa shape index (κ2) is 8.57. The Kier molecular flexibility index (Phi) is 6.16. The van der Waals surface area contributed by atoms with Gasteiger partial charge in [0.25, 0.3) is 0 Å². The van der Waals surface area contributed by atoms with Crippen LogP contribution in [0.25, 0.3) is 0 Å². The molecule has 27 heavy (non-hydrogen) atoms. The van der Waals surface area contributed by atoms with Crippen molar-refractivity contribution in [2.75, 3.05) is 17.6 Å². The molecule has 2 aromatic rings. The SMILES string of the molecule is CC(SCC(=O)Nc1ccc(F)cc1)C(=O)NCC1(c2ccccc2)CC1. The molecule has 1 unspecified atom stereocenters. The molecule has 1 fully saturated rings. The summed E-state index contributed by atoms with van der Waals surface area (Å²) in [6, 6.07) is 15.9. The highest BCUT2D eigenvalue weighted by Crippen LogP contribution is 2.47. The monoisotopic (exact) mass is 386 g/mol. The average molecular weight is 386 g/mol. The molecule has 4 nitrogen and oxygen atoms in total. The molecule has 3 rings (SSSR count). The number of halogens is 1. The van der Waals surface area contributed by atoms with E-state index in [-0.39, 0.29) is 34.0 Å². The van der Waals surface area contributed by atoms with Crippen LogP contribution in [-0.2, 0) is 15.0 Å². The number of nitrogens with one attached hydrogen (secondary N) is 2. The molecule has 0 spiro atoms. The summed E-state index contributed by atoms with van der Waals surface area (Å²) in [7, 11) is 0. The van der Waals surface area contributed by atoms with Gasteiger partial charge in [0.15, 0.2) is 0 Å². The first-order chi connectivity index (χ1) is 13.0. The number of anilines is 1. The number of thioether (sulfide) groups is 1. The summed E-state index contributed by atoms with van der Waals surface area (Å²) in [5.41, 5.74) is 1.88. The summed E-state index contributed by atoms with van der Waals surface area (Å²) in [4.78, 5) is 24.3. The molecule has 0 radical (unpaired) electrons. The molecule has 1 saturated carbocycles. The highest BCUT2D eigenvalue weighted by atomic mass is 32.2. The molecule has 2 N–H and O–H groups in total. The molecule has 1 aliphatic rings. The molecule has 2 amide bonds. The topological polar surface area (TPSA) is 58.2 Å². The van der Waals surface area contributed by atoms with Crippen molar-refractivity contribution < 1.29 is 14.0 Å². The van der Waals surface area contributed by atoms with Crippen molar-refractivity contribution in [1.29, 1.82) is 0 Å². The van der Waals surface area contributed by atoms with Gasteiger partial charge in [-0.15, -0.1) is 11.8 Å². The van der Waals surface area contributed by atoms with Gasteiger partial charge < -0.3 is 10.6 Å². The lowest BCUT2D eigenvalue weighted by atomic mass is 9.96. The normalized spacial score (nSPS) is 15.6. The Balaban J connectivity index is 1.41. The quantitative estimate of drug-likeness (QED) is 0.727. The Labute approximate surface area is 162 Å². The fraction of sp³-hybridized carbons (Fsp3) is 0.333. The van der Waals surface area contributed by atoms with E-state index in [0.29, 0.717) is 12.2 Å². The van der Waals surface area contributed by atoms with E-state index < -0.39 is 0 Å². The van der Waals surface area contributed by atoms with Crippen molar-refractivity contribution >= 4 is 29.3 Å². The summed E-state index contributed by atoms with van der Waals surface area (Å²) >= 11 is 1.28. The number of rotatable bonds is 8. The highest BCUT2D eigenvalue weighted by molar-refractivity contribution is 8.01. The van der Waals surface area contributed by atoms with E-state index in [9.17, 15) is 14.0 Å². The minimum absolute atomic E-state index is 0.0585. The first kappa shape index (κ1) is 19.4. The van der Waals surface area contributed by atoms with Crippen LogP contribution in [0.1, 0.15) is 25.3 Å². The zero-order valence-corrected chi connectivity index (χ0v) is 16.0. The van der Waals surface area contributed by atoms with Gasteiger partial charge >= 0.3 is 0 Å². The van der Waals surface area contributed by atoms with Crippen LogP contribution < -0.4 is 10.6 Å². The summed E-state index contributed by atoms with van der Waals surface area (Å²) in [5, 5.41) is 5.40. The summed E-state index contributed by atoms with van der Waals surface area (Å²) in [6.45, 7) is 2.43. The number of hydrogen-bond acceptors (Lipinski definition) is 3. The molecule has 0 bridgehead atoms. The van der Waals surface area contributed by atoms with E-state index in [1.54, 1.807) is 6.92 Å². The van der Waals surface area contributed by atoms with E-state index >= 15 is 0 Å². The molecule has 6 heteroatoms. The molecule has 0 heterocycles. The van der Waals surface area contributed by atoms with Gasteiger partial charge in [-0.05, 0) is 49.6 Å². The maximum atomic E-state index is 12.9. The van der Waals surface area contributed by atoms with E-state index in [0.717, 1.165) is 12.8 Å². The van der Waals surface area contributed by atoms with Gasteiger partial charge in [-0.25, -0.2) is 4.39 Å². The smallest absolute Gasteiger partial charge is 0.234 e. The van der Waals surface area contributed by atoms with E-state index in [4.69, 9.17) is 0 Å². The maximum absolute atomic E-state index is 12.9. The first-order valence-electron chi connectivity index (χ1n) is 8.99. The van der Waals surface area contributed by atoms with Crippen molar-refractivity contribution in [2.45, 2.75) is 30.4 Å². The number of amides is 2. The Morgan fingerprint density at radius 1 is 1.11 bits per heavy atom. The van der Waals surface area contributed by atoms with Crippen LogP contribution in [0, 0.1) is 5.82 Å². The third kappa shape index (κ3) is 5.32. The van der Waals surface area contributed by atoms with E-state index in [1.807, 2.05) is 18.2 Å². The highest BCUT2D eigenvalue weighted by Gasteiger charge is 2.44. The molecule has 0 saturated heterocycles. The summed E-state index contributed by atoms with van der Waals surface area (Å²) in [5.74, 6) is -0.460. The molecular formula is C21H23FN2O2S. The molecule has 142 valence electrons. The van der Waals surface area contributed by atoms with Gasteiger partial charge in [-0.3, -0.25) is 9.59 Å². The summed E-state index contributed by atoms with van der Waals surface area (Å²) < 4.78 is 12.9. The maximum Gasteiger partial charge on any atom is 0.234 e. The number of carbonyl (C=O) groups is 2. The fourth-order valence-electron chi connectivity index (χ4n) is 2.92. The molecule has 0 aliphatic heterocycles. The van der Waals surface area contributed by atoms with Gasteiger partial charge in [-0.2, -0.15) is 0 Å². The molecule has 1 atom stereocenters. The standard InChI is InChI=1S/C21H23FN2O2S/c1-15(27-13-19(25)24-18-9-7-17(22)8-10-18)20(26)23-14-21(11-12-21)16-5-3-2-4-6-16/h2-10,15H,11-14H2,1H3,(H,23,26)(H,24,25). The molecule has 1 aliphatic carbocycles. The second-order valence-corrected chi connectivity index (χ2v) is 8.20. The third-order valence-electron chi connectivity index (χ3n) is 4.80. The first-order valence-corrected chi connectivity index (χ1v) is 10.0. The predicted molar refractivity (Wildman–Crippen MR) is 107 cm³/mol. The molecular weight excluding hydrogens is 363 g/mol. The largest absolute Gasteiger partial charge is 0.354 e. The number of carbonyl (C=O) groups excluding carboxylic acids is 2. The van der Waals surface area contributed by atoms with Crippen molar-refractivity contribution in [3.63, 3.8) is 0 Å². The van der Waals surface area contributed by atoms with Crippen LogP contribution in [0.5, 0.6) is 0 Å². The van der Waals surface area contributed by atoms with Crippen LogP contribution in [-0.4, -0.2) is 29.4 Å². The molecule has 2 aromatic carbocycles. The van der Waals surface area contributed by atoms with Gasteiger partial charge in [-0.1, -0.05) is 30.3 Å². The second-order valence-electron chi connectivity index (χ2n) is 6.87. The van der Waals surface area contributed by atoms with Gasteiger partial charge in [0.2, 0.25) is 11.8 Å². The zero-order chi connectivity index (χ0) is 19.3. The van der Waals surface area contributed by atoms with Crippen LogP contribution in [0.3, 0.4) is 0 Å². The van der Waals surface area contributed by atoms with Gasteiger partial charge in [0.1, 0.15) is 5.82 Å². The van der Waals surface area contributed by atoms with Crippen LogP contribution in [0.15, 0.2) is 54.6 Å². The molecule has 0 aromatic heterocycles. The van der Waals surface area contributed by atoms with Crippen LogP contribution in [0.2, 0.25) is 0 Å². The van der Waals surface area contributed by atoms with Crippen molar-refractivity contribution in [2.24, 2.45) is 0 Å². The van der Waals surface area contributed by atoms with Crippen LogP contribution >= 0.6 is 11.8 Å². The lowest BCUT2D eigenvalue weighted by molar-refractivity contribution is -0.120. The zero-order valence-electron chi connectivity index (χ0n) is 15.2. The fourth-order valence-corrected chi connectivity index (χ4v) is 3.63. The lowest BCUT2D eigenvalue weighted by Crippen LogP contribution is -2.37. The summed E-state index contributed by atoms with van der Waals surface area (Å²) in [6.07, 6.45) is 2.16. The van der Waals surface area contributed by atoms with E-state index in [2.05, 4.69) is 22.8 Å². The Hall–Kier alpha value is -2.34. The van der Waals surface area contributed by atoms with Crippen molar-refractivity contribution in [3.05, 3.63) is 66.0 Å². The number of hydrogen-bond donors (Lipinski definition) is 2. The van der Waals surface area contributed by atoms with Gasteiger partial charge in [0.05, 0.1) is 11.0 Å². The van der Waals surface area contributed by atoms with Crippen molar-refractivity contribution in [3.8, 4) is 0 Å². The van der Waals surface area contributed by atoms with E-state index in [1.165, 1.54) is 41.6 Å². The minimum Gasteiger partial charge on any atom is -0.354 e. The third-order valence-corrected chi connectivity index (χ3v) is 5.95. The lowest BCUT2D eigenvalue weighted by Gasteiger charge is -2.18.